The number of aromatic nitrogens is 3. The molecule has 0 spiro atoms. The normalized spacial score (nSPS) is 22.8. The van der Waals surface area contributed by atoms with Crippen LogP contribution in [0.1, 0.15) is 69.4 Å². The molecule has 2 fully saturated rings. The Morgan fingerprint density at radius 1 is 1.04 bits per heavy atom. The van der Waals surface area contributed by atoms with Crippen molar-refractivity contribution in [1.29, 1.82) is 0 Å². The average molecular weight is 326 g/mol. The molecule has 3 aliphatic rings. The first-order chi connectivity index (χ1) is 11.9. The number of imidazole rings is 1. The summed E-state index contributed by atoms with van der Waals surface area (Å²) in [6.45, 7) is 1.77. The van der Waals surface area contributed by atoms with Gasteiger partial charge in [0, 0.05) is 33.2 Å². The Morgan fingerprint density at radius 3 is 2.71 bits per heavy atom. The number of rotatable bonds is 2. The molecule has 1 aliphatic heterocycles. The molecule has 3 heterocycles. The van der Waals surface area contributed by atoms with Crippen LogP contribution in [0.4, 0.5) is 0 Å². The van der Waals surface area contributed by atoms with E-state index in [1.807, 2.05) is 6.20 Å². The molecule has 0 amide bonds. The Balaban J connectivity index is 0.00000157. The van der Waals surface area contributed by atoms with Gasteiger partial charge in [0.25, 0.3) is 0 Å². The minimum absolute atomic E-state index is 0. The predicted molar refractivity (Wildman–Crippen MR) is 96.2 cm³/mol. The molecular weight excluding hydrogens is 298 g/mol. The van der Waals surface area contributed by atoms with Crippen LogP contribution in [0.2, 0.25) is 0 Å². The van der Waals surface area contributed by atoms with Crippen molar-refractivity contribution in [1.82, 2.24) is 14.4 Å². The van der Waals surface area contributed by atoms with E-state index in [2.05, 4.69) is 16.7 Å². The molecule has 0 atom stereocenters. The molecular formula is C20H27N3O. The monoisotopic (exact) mass is 326 g/mol. The van der Waals surface area contributed by atoms with Gasteiger partial charge in [-0.15, -0.1) is 0 Å². The van der Waals surface area contributed by atoms with Crippen LogP contribution in [0, 0.1) is 5.92 Å². The van der Waals surface area contributed by atoms with Crippen molar-refractivity contribution in [2.45, 2.75) is 57.3 Å². The van der Waals surface area contributed by atoms with E-state index in [1.165, 1.54) is 54.8 Å². The summed E-state index contributed by atoms with van der Waals surface area (Å²) in [7, 11) is 0. The lowest BCUT2D eigenvalue weighted by atomic mass is 9.87. The first-order valence-corrected chi connectivity index (χ1v) is 9.55. The standard InChI is InChI=1S/C20H25N3O.H2/c1-2-4-15(5-3-1)18-13-23-19(22-18)12-21-17-7-6-16(20(17)23)14-8-10-24-11-9-14;/h6,12-15H,1-5,7-11H2;1H/i;1+1. The molecule has 24 heavy (non-hydrogen) atoms. The number of fused-ring (bicyclic) bond motifs is 3. The van der Waals surface area contributed by atoms with Crippen molar-refractivity contribution in [2.24, 2.45) is 5.92 Å². The molecule has 0 bridgehead atoms. The minimum atomic E-state index is 0. The zero-order valence-corrected chi connectivity index (χ0v) is 14.2. The molecule has 0 unspecified atom stereocenters. The molecule has 1 saturated heterocycles. The summed E-state index contributed by atoms with van der Waals surface area (Å²) >= 11 is 0. The fourth-order valence-electron chi connectivity index (χ4n) is 4.74. The van der Waals surface area contributed by atoms with Crippen LogP contribution < -0.4 is 0 Å². The molecule has 2 aliphatic carbocycles. The molecule has 128 valence electrons. The first kappa shape index (κ1) is 14.6. The van der Waals surface area contributed by atoms with Crippen molar-refractivity contribution in [3.63, 3.8) is 0 Å². The fourth-order valence-corrected chi connectivity index (χ4v) is 4.74. The zero-order valence-electron chi connectivity index (χ0n) is 14.2. The van der Waals surface area contributed by atoms with E-state index in [0.29, 0.717) is 11.8 Å². The minimum Gasteiger partial charge on any atom is -0.381 e. The van der Waals surface area contributed by atoms with Crippen LogP contribution in [-0.2, 0) is 11.2 Å². The van der Waals surface area contributed by atoms with Crippen LogP contribution in [0.15, 0.2) is 18.5 Å². The third-order valence-corrected chi connectivity index (χ3v) is 6.08. The van der Waals surface area contributed by atoms with Crippen molar-refractivity contribution >= 4 is 11.2 Å². The summed E-state index contributed by atoms with van der Waals surface area (Å²) < 4.78 is 7.89. The number of hydrogen-bond donors (Lipinski definition) is 0. The molecule has 1 saturated carbocycles. The quantitative estimate of drug-likeness (QED) is 0.821. The van der Waals surface area contributed by atoms with E-state index in [0.717, 1.165) is 38.1 Å². The highest BCUT2D eigenvalue weighted by Gasteiger charge is 2.28. The van der Waals surface area contributed by atoms with Gasteiger partial charge in [-0.3, -0.25) is 9.38 Å². The van der Waals surface area contributed by atoms with E-state index in [4.69, 9.17) is 14.7 Å². The smallest absolute Gasteiger partial charge is 0.156 e. The molecule has 2 aromatic rings. The summed E-state index contributed by atoms with van der Waals surface area (Å²) in [4.78, 5) is 9.67. The van der Waals surface area contributed by atoms with E-state index < -0.39 is 0 Å². The van der Waals surface area contributed by atoms with Crippen molar-refractivity contribution in [3.8, 4) is 0 Å². The lowest BCUT2D eigenvalue weighted by Crippen LogP contribution is -2.17. The molecule has 0 aromatic carbocycles. The lowest BCUT2D eigenvalue weighted by Gasteiger charge is -2.24. The summed E-state index contributed by atoms with van der Waals surface area (Å²) in [6, 6.07) is 0. The predicted octanol–water partition coefficient (Wildman–Crippen LogP) is 4.39. The number of nitrogens with zero attached hydrogens (tertiary/aromatic N) is 3. The molecule has 0 radical (unpaired) electrons. The Morgan fingerprint density at radius 2 is 1.88 bits per heavy atom. The highest BCUT2D eigenvalue weighted by atomic mass is 16.5. The Hall–Kier alpha value is -1.68. The number of allylic oxidation sites excluding steroid dienone is 2. The molecule has 2 aromatic heterocycles. The maximum absolute atomic E-state index is 5.56. The SMILES string of the molecule is C1=C(C2CCOCC2)c2c(ncc3nc(C4CCCCC4)cn23)C1.[2HH]. The number of ether oxygens (including phenoxy) is 1. The largest absolute Gasteiger partial charge is 0.381 e. The van der Waals surface area contributed by atoms with Crippen LogP contribution in [0.5, 0.6) is 0 Å². The second-order valence-corrected chi connectivity index (χ2v) is 7.53. The Labute approximate surface area is 144 Å². The van der Waals surface area contributed by atoms with Gasteiger partial charge in [0.1, 0.15) is 0 Å². The summed E-state index contributed by atoms with van der Waals surface area (Å²) in [6.07, 6.45) is 16.6. The van der Waals surface area contributed by atoms with Gasteiger partial charge in [-0.2, -0.15) is 0 Å². The fraction of sp³-hybridized carbons (Fsp3) is 0.600. The van der Waals surface area contributed by atoms with E-state index in [9.17, 15) is 0 Å². The molecule has 4 heteroatoms. The lowest BCUT2D eigenvalue weighted by molar-refractivity contribution is 0.0807. The number of hydrogen-bond acceptors (Lipinski definition) is 3. The maximum Gasteiger partial charge on any atom is 0.156 e. The van der Waals surface area contributed by atoms with E-state index >= 15 is 0 Å². The van der Waals surface area contributed by atoms with E-state index in [1.54, 1.807) is 0 Å². The third kappa shape index (κ3) is 2.39. The molecule has 0 N–H and O–H groups in total. The third-order valence-electron chi connectivity index (χ3n) is 6.08. The summed E-state index contributed by atoms with van der Waals surface area (Å²) in [5, 5.41) is 0. The highest BCUT2D eigenvalue weighted by molar-refractivity contribution is 5.73. The summed E-state index contributed by atoms with van der Waals surface area (Å²) in [5.41, 5.74) is 6.34. The molecule has 4 nitrogen and oxygen atoms in total. The first-order valence-electron chi connectivity index (χ1n) is 9.55. The van der Waals surface area contributed by atoms with Gasteiger partial charge >= 0.3 is 0 Å². The highest BCUT2D eigenvalue weighted by Crippen LogP contribution is 2.38. The topological polar surface area (TPSA) is 39.4 Å². The Bertz CT molecular complexity index is 786. The second-order valence-electron chi connectivity index (χ2n) is 7.53. The van der Waals surface area contributed by atoms with Crippen molar-refractivity contribution in [3.05, 3.63) is 35.6 Å². The van der Waals surface area contributed by atoms with Gasteiger partial charge in [-0.25, -0.2) is 4.98 Å². The van der Waals surface area contributed by atoms with Crippen molar-refractivity contribution < 1.29 is 6.16 Å². The second kappa shape index (κ2) is 5.99. The summed E-state index contributed by atoms with van der Waals surface area (Å²) in [5.74, 6) is 1.26. The van der Waals surface area contributed by atoms with Gasteiger partial charge in [-0.05, 0) is 37.2 Å². The van der Waals surface area contributed by atoms with Gasteiger partial charge < -0.3 is 4.74 Å². The van der Waals surface area contributed by atoms with Gasteiger partial charge in [0.05, 0.1) is 23.3 Å². The van der Waals surface area contributed by atoms with Gasteiger partial charge in [-0.1, -0.05) is 25.3 Å². The van der Waals surface area contributed by atoms with Gasteiger partial charge in [0.15, 0.2) is 5.65 Å². The van der Waals surface area contributed by atoms with Crippen LogP contribution in [0.25, 0.3) is 11.2 Å². The molecule has 5 rings (SSSR count). The van der Waals surface area contributed by atoms with Crippen LogP contribution in [-0.4, -0.2) is 27.6 Å². The van der Waals surface area contributed by atoms with Crippen molar-refractivity contribution in [2.75, 3.05) is 13.2 Å². The average Bonchev–Trinajstić information content (AvgIpc) is 3.27. The van der Waals surface area contributed by atoms with Crippen LogP contribution in [0.3, 0.4) is 0 Å². The van der Waals surface area contributed by atoms with Gasteiger partial charge in [0.2, 0.25) is 0 Å². The van der Waals surface area contributed by atoms with E-state index in [-0.39, 0.29) is 1.43 Å². The zero-order chi connectivity index (χ0) is 15.9. The Kier molecular flexibility index (Phi) is 3.66. The maximum atomic E-state index is 5.56. The van der Waals surface area contributed by atoms with Crippen LogP contribution >= 0.6 is 0 Å².